The van der Waals surface area contributed by atoms with Gasteiger partial charge in [0.15, 0.2) is 0 Å². The molecule has 4 aliphatic rings. The van der Waals surface area contributed by atoms with Gasteiger partial charge in [0.2, 0.25) is 11.8 Å². The summed E-state index contributed by atoms with van der Waals surface area (Å²) in [5.74, 6) is -0.638. The lowest BCUT2D eigenvalue weighted by molar-refractivity contribution is -0.143. The first-order chi connectivity index (χ1) is 14.4. The zero-order valence-corrected chi connectivity index (χ0v) is 18.1. The highest BCUT2D eigenvalue weighted by atomic mass is 16.5. The van der Waals surface area contributed by atoms with Crippen molar-refractivity contribution in [1.82, 2.24) is 14.7 Å². The van der Waals surface area contributed by atoms with Crippen molar-refractivity contribution in [3.05, 3.63) is 47.0 Å². The largest absolute Gasteiger partial charge is 0.360 e. The molecule has 160 valence electrons. The van der Waals surface area contributed by atoms with Crippen molar-refractivity contribution in [3.8, 4) is 0 Å². The monoisotopic (exact) mass is 409 g/mol. The molecule has 1 spiro atoms. The third kappa shape index (κ3) is 3.08. The zero-order chi connectivity index (χ0) is 21.0. The molecule has 1 aromatic rings. The normalized spacial score (nSPS) is 33.3. The number of rotatable bonds is 3. The molecule has 3 fully saturated rings. The maximum atomic E-state index is 13.5. The Hall–Kier alpha value is -2.18. The molecule has 2 bridgehead atoms. The summed E-state index contributed by atoms with van der Waals surface area (Å²) < 4.78 is 6.31. The molecule has 1 aromatic carbocycles. The van der Waals surface area contributed by atoms with Crippen molar-refractivity contribution in [2.24, 2.45) is 11.8 Å². The van der Waals surface area contributed by atoms with E-state index in [0.717, 1.165) is 38.2 Å². The van der Waals surface area contributed by atoms with Gasteiger partial charge in [-0.05, 0) is 50.6 Å². The zero-order valence-electron chi connectivity index (χ0n) is 18.1. The number of carbonyl (C=O) groups excluding carboxylic acids is 2. The van der Waals surface area contributed by atoms with E-state index in [1.54, 1.807) is 0 Å². The highest BCUT2D eigenvalue weighted by molar-refractivity contribution is 5.93. The summed E-state index contributed by atoms with van der Waals surface area (Å²) in [7, 11) is 2.09. The van der Waals surface area contributed by atoms with Gasteiger partial charge in [-0.3, -0.25) is 9.59 Å². The van der Waals surface area contributed by atoms with Crippen LogP contribution in [0.4, 0.5) is 0 Å². The van der Waals surface area contributed by atoms with E-state index in [1.165, 1.54) is 11.1 Å². The van der Waals surface area contributed by atoms with Gasteiger partial charge in [-0.2, -0.15) is 0 Å². The molecule has 0 N–H and O–H groups in total. The molecule has 3 saturated heterocycles. The second-order valence-electron chi connectivity index (χ2n) is 9.50. The van der Waals surface area contributed by atoms with E-state index in [-0.39, 0.29) is 17.9 Å². The van der Waals surface area contributed by atoms with E-state index in [2.05, 4.69) is 44.0 Å². The lowest BCUT2D eigenvalue weighted by Gasteiger charge is -2.29. The Morgan fingerprint density at radius 3 is 2.80 bits per heavy atom. The lowest BCUT2D eigenvalue weighted by atomic mass is 9.76. The fourth-order valence-electron chi connectivity index (χ4n) is 5.59. The number of carbonyl (C=O) groups is 2. The topological polar surface area (TPSA) is 53.1 Å². The van der Waals surface area contributed by atoms with E-state index in [1.807, 2.05) is 22.0 Å². The Labute approximate surface area is 178 Å². The minimum atomic E-state index is -0.634. The molecule has 0 aliphatic carbocycles. The average Bonchev–Trinajstić information content (AvgIpc) is 3.28. The number of likely N-dealkylation sites (tertiary alicyclic amines) is 1. The number of fused-ring (bicyclic) bond motifs is 1. The van der Waals surface area contributed by atoms with Crippen molar-refractivity contribution in [2.45, 2.75) is 38.5 Å². The highest BCUT2D eigenvalue weighted by Crippen LogP contribution is 2.52. The molecule has 6 heteroatoms. The number of hydrogen-bond donors (Lipinski definition) is 0. The van der Waals surface area contributed by atoms with Crippen molar-refractivity contribution >= 4 is 11.8 Å². The first kappa shape index (κ1) is 19.8. The molecule has 0 saturated carbocycles. The first-order valence-corrected chi connectivity index (χ1v) is 11.1. The van der Waals surface area contributed by atoms with E-state index in [4.69, 9.17) is 4.74 Å². The molecule has 2 unspecified atom stereocenters. The fraction of sp³-hybridized carbons (Fsp3) is 0.583. The standard InChI is InChI=1S/C24H31N3O3/c1-16-5-6-18(13-17(16)2)14-27-15-24-8-7-19(30-24)20(21(24)23(27)29)22(28)26-10-4-9-25(3)11-12-26/h5-8,13,19-21H,4,9-12,14-15H2,1-3H3/t19-,20?,21?,24-/m1/s1. The summed E-state index contributed by atoms with van der Waals surface area (Å²) in [6.45, 7) is 8.65. The number of amides is 2. The van der Waals surface area contributed by atoms with Crippen LogP contribution in [-0.4, -0.2) is 78.0 Å². The van der Waals surface area contributed by atoms with Crippen molar-refractivity contribution in [3.63, 3.8) is 0 Å². The number of nitrogens with zero attached hydrogens (tertiary/aromatic N) is 3. The van der Waals surface area contributed by atoms with Crippen LogP contribution in [0.25, 0.3) is 0 Å². The maximum Gasteiger partial charge on any atom is 0.230 e. The molecule has 30 heavy (non-hydrogen) atoms. The van der Waals surface area contributed by atoms with Crippen LogP contribution in [0.15, 0.2) is 30.4 Å². The number of ether oxygens (including phenoxy) is 1. The predicted molar refractivity (Wildman–Crippen MR) is 114 cm³/mol. The molecule has 4 aliphatic heterocycles. The predicted octanol–water partition coefficient (Wildman–Crippen LogP) is 1.75. The molecule has 5 rings (SSSR count). The smallest absolute Gasteiger partial charge is 0.230 e. The van der Waals surface area contributed by atoms with Crippen LogP contribution in [0, 0.1) is 25.7 Å². The van der Waals surface area contributed by atoms with Crippen LogP contribution in [0.5, 0.6) is 0 Å². The first-order valence-electron chi connectivity index (χ1n) is 11.1. The van der Waals surface area contributed by atoms with Gasteiger partial charge >= 0.3 is 0 Å². The van der Waals surface area contributed by atoms with Crippen molar-refractivity contribution in [2.75, 3.05) is 39.8 Å². The Balaban J connectivity index is 1.37. The van der Waals surface area contributed by atoms with Crippen molar-refractivity contribution in [1.29, 1.82) is 0 Å². The molecule has 0 aromatic heterocycles. The summed E-state index contributed by atoms with van der Waals surface area (Å²) in [4.78, 5) is 33.1. The van der Waals surface area contributed by atoms with E-state index in [0.29, 0.717) is 13.1 Å². The summed E-state index contributed by atoms with van der Waals surface area (Å²) in [5.41, 5.74) is 2.97. The van der Waals surface area contributed by atoms with Gasteiger partial charge in [0.25, 0.3) is 0 Å². The van der Waals surface area contributed by atoms with Gasteiger partial charge in [0.1, 0.15) is 5.60 Å². The number of aryl methyl sites for hydroxylation is 2. The summed E-state index contributed by atoms with van der Waals surface area (Å²) in [6.07, 6.45) is 4.76. The number of benzene rings is 1. The molecule has 4 atom stereocenters. The van der Waals surface area contributed by atoms with Gasteiger partial charge in [-0.15, -0.1) is 0 Å². The maximum absolute atomic E-state index is 13.5. The van der Waals surface area contributed by atoms with Crippen LogP contribution < -0.4 is 0 Å². The second kappa shape index (κ2) is 7.20. The Morgan fingerprint density at radius 2 is 2.00 bits per heavy atom. The minimum Gasteiger partial charge on any atom is -0.360 e. The molecular weight excluding hydrogens is 378 g/mol. The third-order valence-corrected chi connectivity index (χ3v) is 7.44. The van der Waals surface area contributed by atoms with Gasteiger partial charge in [0, 0.05) is 26.2 Å². The molecule has 6 nitrogen and oxygen atoms in total. The Bertz CT molecular complexity index is 913. The van der Waals surface area contributed by atoms with Crippen LogP contribution >= 0.6 is 0 Å². The highest BCUT2D eigenvalue weighted by Gasteiger charge is 2.67. The van der Waals surface area contributed by atoms with Crippen molar-refractivity contribution < 1.29 is 14.3 Å². The van der Waals surface area contributed by atoms with Gasteiger partial charge in [-0.25, -0.2) is 0 Å². The quantitative estimate of drug-likeness (QED) is 0.714. The van der Waals surface area contributed by atoms with E-state index < -0.39 is 17.4 Å². The van der Waals surface area contributed by atoms with E-state index in [9.17, 15) is 9.59 Å². The minimum absolute atomic E-state index is 0.0605. The Kier molecular flexibility index (Phi) is 4.75. The average molecular weight is 410 g/mol. The molecule has 4 heterocycles. The van der Waals surface area contributed by atoms with Gasteiger partial charge in [-0.1, -0.05) is 30.4 Å². The molecular formula is C24H31N3O3. The van der Waals surface area contributed by atoms with Crippen LogP contribution in [0.2, 0.25) is 0 Å². The van der Waals surface area contributed by atoms with Gasteiger partial charge < -0.3 is 19.4 Å². The lowest BCUT2D eigenvalue weighted by Crippen LogP contribution is -2.47. The SMILES string of the molecule is Cc1ccc(CN2C[C@@]34C=C[C@@H](O3)C(C(=O)N3CCCN(C)CC3)C4C2=O)cc1C. The number of hydrogen-bond acceptors (Lipinski definition) is 4. The second-order valence-corrected chi connectivity index (χ2v) is 9.50. The Morgan fingerprint density at radius 1 is 1.17 bits per heavy atom. The summed E-state index contributed by atoms with van der Waals surface area (Å²) in [5, 5.41) is 0. The molecule has 0 radical (unpaired) electrons. The van der Waals surface area contributed by atoms with Crippen LogP contribution in [-0.2, 0) is 20.9 Å². The van der Waals surface area contributed by atoms with Gasteiger partial charge in [0.05, 0.1) is 24.5 Å². The van der Waals surface area contributed by atoms with Crippen LogP contribution in [0.1, 0.15) is 23.1 Å². The summed E-state index contributed by atoms with van der Waals surface area (Å²) in [6, 6.07) is 6.35. The number of likely N-dealkylation sites (N-methyl/N-ethyl adjacent to an activating group) is 1. The third-order valence-electron chi connectivity index (χ3n) is 7.44. The van der Waals surface area contributed by atoms with E-state index >= 15 is 0 Å². The van der Waals surface area contributed by atoms with Crippen LogP contribution in [0.3, 0.4) is 0 Å². The molecule has 2 amide bonds. The summed E-state index contributed by atoms with van der Waals surface area (Å²) >= 11 is 0. The fourth-order valence-corrected chi connectivity index (χ4v) is 5.59.